The van der Waals surface area contributed by atoms with Crippen LogP contribution in [0, 0.1) is 0 Å². The van der Waals surface area contributed by atoms with Crippen LogP contribution < -0.4 is 19.5 Å². The summed E-state index contributed by atoms with van der Waals surface area (Å²) in [5.74, 6) is 2.62. The molecule has 0 radical (unpaired) electrons. The van der Waals surface area contributed by atoms with Gasteiger partial charge in [0.05, 0.1) is 21.3 Å². The van der Waals surface area contributed by atoms with Crippen LogP contribution in [0.1, 0.15) is 0 Å². The van der Waals surface area contributed by atoms with Crippen LogP contribution in [0.15, 0.2) is 48.8 Å². The third-order valence-corrected chi connectivity index (χ3v) is 3.52. The van der Waals surface area contributed by atoms with Crippen molar-refractivity contribution >= 4 is 11.6 Å². The highest BCUT2D eigenvalue weighted by Gasteiger charge is 2.14. The van der Waals surface area contributed by atoms with E-state index in [1.54, 1.807) is 33.5 Å². The Balaban J connectivity index is 1.93. The Morgan fingerprint density at radius 3 is 2.12 bits per heavy atom. The molecule has 0 saturated carbocycles. The van der Waals surface area contributed by atoms with Gasteiger partial charge in [0, 0.05) is 23.4 Å². The Hall–Kier alpha value is -3.35. The average molecular weight is 338 g/mol. The topological polar surface area (TPSA) is 78.4 Å². The largest absolute Gasteiger partial charge is 0.493 e. The molecule has 7 nitrogen and oxygen atoms in total. The van der Waals surface area contributed by atoms with Gasteiger partial charge in [-0.2, -0.15) is 4.98 Å². The molecule has 0 aliphatic carbocycles. The first-order chi connectivity index (χ1) is 12.2. The maximum atomic E-state index is 5.35. The van der Waals surface area contributed by atoms with Crippen LogP contribution in [0.2, 0.25) is 0 Å². The minimum Gasteiger partial charge on any atom is -0.493 e. The molecule has 2 aromatic carbocycles. The molecule has 1 aromatic heterocycles. The fourth-order valence-corrected chi connectivity index (χ4v) is 2.37. The van der Waals surface area contributed by atoms with Gasteiger partial charge < -0.3 is 19.5 Å². The molecule has 1 heterocycles. The van der Waals surface area contributed by atoms with Crippen molar-refractivity contribution in [2.45, 2.75) is 0 Å². The highest BCUT2D eigenvalue weighted by molar-refractivity contribution is 5.66. The van der Waals surface area contributed by atoms with Crippen LogP contribution >= 0.6 is 0 Å². The van der Waals surface area contributed by atoms with Gasteiger partial charge in [0.15, 0.2) is 17.3 Å². The van der Waals surface area contributed by atoms with Crippen molar-refractivity contribution in [1.82, 2.24) is 15.0 Å². The predicted octanol–water partition coefficient (Wildman–Crippen LogP) is 3.31. The van der Waals surface area contributed by atoms with Crippen LogP contribution in [0.5, 0.6) is 17.2 Å². The lowest BCUT2D eigenvalue weighted by Gasteiger charge is -2.14. The lowest BCUT2D eigenvalue weighted by atomic mass is 10.2. The molecular formula is C18H18N4O3. The second-order valence-electron chi connectivity index (χ2n) is 5.04. The third kappa shape index (κ3) is 3.60. The van der Waals surface area contributed by atoms with Gasteiger partial charge in [-0.3, -0.25) is 0 Å². The highest BCUT2D eigenvalue weighted by atomic mass is 16.5. The summed E-state index contributed by atoms with van der Waals surface area (Å²) >= 11 is 0. The van der Waals surface area contributed by atoms with Crippen molar-refractivity contribution in [1.29, 1.82) is 0 Å². The fourth-order valence-electron chi connectivity index (χ4n) is 2.37. The summed E-state index contributed by atoms with van der Waals surface area (Å²) in [6.45, 7) is 0. The average Bonchev–Trinajstić information content (AvgIpc) is 2.68. The molecule has 25 heavy (non-hydrogen) atoms. The SMILES string of the molecule is COc1cc(Nc2ncnc(-c3ccccc3)n2)cc(OC)c1OC. The number of hydrogen-bond acceptors (Lipinski definition) is 7. The second kappa shape index (κ2) is 7.48. The minimum absolute atomic E-state index is 0.420. The summed E-state index contributed by atoms with van der Waals surface area (Å²) in [4.78, 5) is 12.8. The van der Waals surface area contributed by atoms with Crippen LogP contribution in [-0.4, -0.2) is 36.3 Å². The normalized spacial score (nSPS) is 10.2. The molecule has 3 rings (SSSR count). The van der Waals surface area contributed by atoms with Gasteiger partial charge in [-0.25, -0.2) is 9.97 Å². The molecule has 0 unspecified atom stereocenters. The maximum absolute atomic E-state index is 5.35. The summed E-state index contributed by atoms with van der Waals surface area (Å²) in [5.41, 5.74) is 1.62. The molecule has 0 atom stereocenters. The van der Waals surface area contributed by atoms with E-state index in [1.165, 1.54) is 6.33 Å². The third-order valence-electron chi connectivity index (χ3n) is 3.52. The fraction of sp³-hybridized carbons (Fsp3) is 0.167. The number of hydrogen-bond donors (Lipinski definition) is 1. The van der Waals surface area contributed by atoms with E-state index in [0.717, 1.165) is 5.56 Å². The van der Waals surface area contributed by atoms with Crippen molar-refractivity contribution in [2.75, 3.05) is 26.6 Å². The number of aromatic nitrogens is 3. The van der Waals surface area contributed by atoms with Crippen molar-refractivity contribution in [3.63, 3.8) is 0 Å². The van der Waals surface area contributed by atoms with E-state index >= 15 is 0 Å². The number of nitrogens with zero attached hydrogens (tertiary/aromatic N) is 3. The second-order valence-corrected chi connectivity index (χ2v) is 5.04. The highest BCUT2D eigenvalue weighted by Crippen LogP contribution is 2.40. The molecule has 0 bridgehead atoms. The smallest absolute Gasteiger partial charge is 0.230 e. The summed E-state index contributed by atoms with van der Waals surface area (Å²) < 4.78 is 16.0. The first-order valence-corrected chi connectivity index (χ1v) is 7.56. The minimum atomic E-state index is 0.420. The molecule has 0 saturated heterocycles. The van der Waals surface area contributed by atoms with E-state index in [2.05, 4.69) is 20.3 Å². The summed E-state index contributed by atoms with van der Waals surface area (Å²) in [7, 11) is 4.70. The molecule has 128 valence electrons. The van der Waals surface area contributed by atoms with Crippen molar-refractivity contribution in [3.05, 3.63) is 48.8 Å². The van der Waals surface area contributed by atoms with Crippen LogP contribution in [0.3, 0.4) is 0 Å². The Kier molecular flexibility index (Phi) is 4.94. The van der Waals surface area contributed by atoms with Gasteiger partial charge in [0.2, 0.25) is 11.7 Å². The number of anilines is 2. The molecule has 0 spiro atoms. The number of rotatable bonds is 6. The van der Waals surface area contributed by atoms with Crippen LogP contribution in [-0.2, 0) is 0 Å². The molecule has 0 aliphatic heterocycles. The monoisotopic (exact) mass is 338 g/mol. The van der Waals surface area contributed by atoms with E-state index in [0.29, 0.717) is 34.7 Å². The number of benzene rings is 2. The Bertz CT molecular complexity index is 831. The molecule has 0 fully saturated rings. The number of ether oxygens (including phenoxy) is 3. The quantitative estimate of drug-likeness (QED) is 0.738. The van der Waals surface area contributed by atoms with E-state index in [9.17, 15) is 0 Å². The Morgan fingerprint density at radius 1 is 0.840 bits per heavy atom. The number of methoxy groups -OCH3 is 3. The summed E-state index contributed by atoms with van der Waals surface area (Å²) in [6.07, 6.45) is 1.47. The first kappa shape index (κ1) is 16.5. The first-order valence-electron chi connectivity index (χ1n) is 7.56. The predicted molar refractivity (Wildman–Crippen MR) is 94.6 cm³/mol. The van der Waals surface area contributed by atoms with Crippen molar-refractivity contribution < 1.29 is 14.2 Å². The molecule has 0 aliphatic rings. The van der Waals surface area contributed by atoms with Gasteiger partial charge in [-0.05, 0) is 0 Å². The van der Waals surface area contributed by atoms with Gasteiger partial charge in [0.1, 0.15) is 6.33 Å². The standard InChI is InChI=1S/C18H18N4O3/c1-23-14-9-13(10-15(24-2)16(14)25-3)21-18-20-11-19-17(22-18)12-7-5-4-6-8-12/h4-11H,1-3H3,(H,19,20,21,22). The van der Waals surface area contributed by atoms with Crippen molar-refractivity contribution in [3.8, 4) is 28.6 Å². The lowest BCUT2D eigenvalue weighted by Crippen LogP contribution is -2.02. The van der Waals surface area contributed by atoms with E-state index in [-0.39, 0.29) is 0 Å². The summed E-state index contributed by atoms with van der Waals surface area (Å²) in [6, 6.07) is 13.3. The number of nitrogens with one attached hydrogen (secondary N) is 1. The molecular weight excluding hydrogens is 320 g/mol. The molecule has 1 N–H and O–H groups in total. The molecule has 3 aromatic rings. The van der Waals surface area contributed by atoms with Crippen LogP contribution in [0.25, 0.3) is 11.4 Å². The van der Waals surface area contributed by atoms with Crippen LogP contribution in [0.4, 0.5) is 11.6 Å². The zero-order valence-corrected chi connectivity index (χ0v) is 14.2. The van der Waals surface area contributed by atoms with Gasteiger partial charge >= 0.3 is 0 Å². The Morgan fingerprint density at radius 2 is 1.52 bits per heavy atom. The van der Waals surface area contributed by atoms with Crippen molar-refractivity contribution in [2.24, 2.45) is 0 Å². The zero-order valence-electron chi connectivity index (χ0n) is 14.2. The van der Waals surface area contributed by atoms with Gasteiger partial charge in [-0.15, -0.1) is 0 Å². The van der Waals surface area contributed by atoms with Gasteiger partial charge in [0.25, 0.3) is 0 Å². The molecule has 7 heteroatoms. The zero-order chi connectivity index (χ0) is 17.6. The van der Waals surface area contributed by atoms with E-state index in [4.69, 9.17) is 14.2 Å². The maximum Gasteiger partial charge on any atom is 0.230 e. The lowest BCUT2D eigenvalue weighted by molar-refractivity contribution is 0.324. The van der Waals surface area contributed by atoms with E-state index < -0.39 is 0 Å². The summed E-state index contributed by atoms with van der Waals surface area (Å²) in [5, 5.41) is 3.14. The van der Waals surface area contributed by atoms with E-state index in [1.807, 2.05) is 30.3 Å². The Labute approximate surface area is 145 Å². The molecule has 0 amide bonds. The van der Waals surface area contributed by atoms with Gasteiger partial charge in [-0.1, -0.05) is 30.3 Å².